The van der Waals surface area contributed by atoms with Crippen LogP contribution in [0.25, 0.3) is 11.3 Å². The van der Waals surface area contributed by atoms with E-state index in [1.54, 1.807) is 12.1 Å². The normalized spacial score (nSPS) is 10.6. The number of aryl methyl sites for hydroxylation is 1. The van der Waals surface area contributed by atoms with Gasteiger partial charge in [0.25, 0.3) is 0 Å². The summed E-state index contributed by atoms with van der Waals surface area (Å²) in [6.07, 6.45) is 0. The van der Waals surface area contributed by atoms with Gasteiger partial charge in [0.05, 0.1) is 22.8 Å². The molecule has 1 heterocycles. The highest BCUT2D eigenvalue weighted by molar-refractivity contribution is 9.10. The third-order valence-electron chi connectivity index (χ3n) is 2.43. The van der Waals surface area contributed by atoms with Gasteiger partial charge in [-0.1, -0.05) is 0 Å². The number of aromatic nitrogens is 2. The minimum Gasteiger partial charge on any atom is -0.496 e. The molecule has 0 saturated carbocycles. The topological polar surface area (TPSA) is 63.9 Å². The first-order chi connectivity index (χ1) is 8.04. The molecular weight excluding hydrogens is 289 g/mol. The van der Waals surface area contributed by atoms with Gasteiger partial charge in [-0.25, -0.2) is 4.39 Å². The second-order valence-electron chi connectivity index (χ2n) is 3.60. The van der Waals surface area contributed by atoms with Crippen molar-refractivity contribution in [2.45, 2.75) is 6.92 Å². The first-order valence-corrected chi connectivity index (χ1v) is 5.67. The van der Waals surface area contributed by atoms with Crippen LogP contribution in [0.1, 0.15) is 5.56 Å². The Balaban J connectivity index is 2.74. The zero-order valence-corrected chi connectivity index (χ0v) is 10.9. The predicted octanol–water partition coefficient (Wildman–Crippen LogP) is 2.88. The summed E-state index contributed by atoms with van der Waals surface area (Å²) in [5, 5.41) is 6.46. The number of H-pyrrole nitrogens is 1. The summed E-state index contributed by atoms with van der Waals surface area (Å²) in [5.41, 5.74) is 7.15. The number of nitrogens with one attached hydrogen (secondary N) is 1. The molecule has 0 atom stereocenters. The molecule has 0 radical (unpaired) electrons. The summed E-state index contributed by atoms with van der Waals surface area (Å²) < 4.78 is 19.7. The quantitative estimate of drug-likeness (QED) is 0.896. The number of ether oxygens (including phenoxy) is 1. The molecule has 0 saturated heterocycles. The number of nitrogens with zero attached hydrogens (tertiary/aromatic N) is 1. The largest absolute Gasteiger partial charge is 0.496 e. The molecule has 1 aromatic heterocycles. The summed E-state index contributed by atoms with van der Waals surface area (Å²) in [7, 11) is 1.50. The van der Waals surface area contributed by atoms with E-state index in [1.807, 2.05) is 6.92 Å². The Hall–Kier alpha value is -1.56. The summed E-state index contributed by atoms with van der Waals surface area (Å²) >= 11 is 3.17. The molecule has 3 N–H and O–H groups in total. The molecule has 0 bridgehead atoms. The second kappa shape index (κ2) is 4.37. The Kier molecular flexibility index (Phi) is 3.06. The summed E-state index contributed by atoms with van der Waals surface area (Å²) in [5.74, 6) is 0.365. The van der Waals surface area contributed by atoms with Gasteiger partial charge in [0.2, 0.25) is 0 Å². The lowest BCUT2D eigenvalue weighted by atomic mass is 10.1. The van der Waals surface area contributed by atoms with Gasteiger partial charge >= 0.3 is 0 Å². The van der Waals surface area contributed by atoms with Crippen molar-refractivity contribution < 1.29 is 9.13 Å². The van der Waals surface area contributed by atoms with E-state index in [4.69, 9.17) is 10.5 Å². The molecule has 0 fully saturated rings. The van der Waals surface area contributed by atoms with E-state index < -0.39 is 5.82 Å². The molecule has 2 rings (SSSR count). The summed E-state index contributed by atoms with van der Waals surface area (Å²) in [6, 6.07) is 3.23. The zero-order chi connectivity index (χ0) is 12.6. The molecule has 0 aliphatic carbocycles. The van der Waals surface area contributed by atoms with E-state index in [-0.39, 0.29) is 0 Å². The second-order valence-corrected chi connectivity index (χ2v) is 4.46. The van der Waals surface area contributed by atoms with Gasteiger partial charge in [0.1, 0.15) is 17.4 Å². The fourth-order valence-corrected chi connectivity index (χ4v) is 2.25. The van der Waals surface area contributed by atoms with Crippen molar-refractivity contribution in [3.63, 3.8) is 0 Å². The standard InChI is InChI=1S/C11H11BrFN3O/c1-5-3-6(12)10(13)9(11(5)17-2)7-4-8(14)16-15-7/h3-4H,1-2H3,(H3,14,15,16). The number of methoxy groups -OCH3 is 1. The van der Waals surface area contributed by atoms with Gasteiger partial charge in [-0.15, -0.1) is 0 Å². The molecule has 0 aliphatic rings. The predicted molar refractivity (Wildman–Crippen MR) is 67.4 cm³/mol. The van der Waals surface area contributed by atoms with Crippen LogP contribution >= 0.6 is 15.9 Å². The van der Waals surface area contributed by atoms with Gasteiger partial charge in [0, 0.05) is 6.07 Å². The van der Waals surface area contributed by atoms with Crippen molar-refractivity contribution in [1.29, 1.82) is 0 Å². The van der Waals surface area contributed by atoms with Crippen LogP contribution in [0.2, 0.25) is 0 Å². The van der Waals surface area contributed by atoms with Crippen LogP contribution in [0.5, 0.6) is 5.75 Å². The lowest BCUT2D eigenvalue weighted by Crippen LogP contribution is -1.96. The van der Waals surface area contributed by atoms with Crippen molar-refractivity contribution in [2.24, 2.45) is 0 Å². The molecule has 0 amide bonds. The Bertz CT molecular complexity index is 568. The van der Waals surface area contributed by atoms with E-state index in [2.05, 4.69) is 26.1 Å². The molecule has 0 aliphatic heterocycles. The van der Waals surface area contributed by atoms with Crippen LogP contribution in [0.4, 0.5) is 10.2 Å². The van der Waals surface area contributed by atoms with Crippen LogP contribution in [0.3, 0.4) is 0 Å². The first kappa shape index (κ1) is 11.9. The van der Waals surface area contributed by atoms with E-state index in [9.17, 15) is 4.39 Å². The average Bonchev–Trinajstić information content (AvgIpc) is 2.69. The van der Waals surface area contributed by atoms with Crippen LogP contribution < -0.4 is 10.5 Å². The van der Waals surface area contributed by atoms with Crippen molar-refractivity contribution in [2.75, 3.05) is 12.8 Å². The third kappa shape index (κ3) is 2.00. The van der Waals surface area contributed by atoms with E-state index in [0.717, 1.165) is 5.56 Å². The minimum absolute atomic E-state index is 0.305. The van der Waals surface area contributed by atoms with Gasteiger partial charge in [0.15, 0.2) is 0 Å². The fourth-order valence-electron chi connectivity index (χ4n) is 1.70. The van der Waals surface area contributed by atoms with Crippen LogP contribution in [0.15, 0.2) is 16.6 Å². The highest BCUT2D eigenvalue weighted by Crippen LogP contribution is 2.38. The molecule has 90 valence electrons. The molecule has 17 heavy (non-hydrogen) atoms. The number of aromatic amines is 1. The fraction of sp³-hybridized carbons (Fsp3) is 0.182. The average molecular weight is 300 g/mol. The van der Waals surface area contributed by atoms with Crippen molar-refractivity contribution >= 4 is 21.7 Å². The summed E-state index contributed by atoms with van der Waals surface area (Å²) in [4.78, 5) is 0. The minimum atomic E-state index is -0.406. The molecule has 6 heteroatoms. The highest BCUT2D eigenvalue weighted by Gasteiger charge is 2.19. The maximum atomic E-state index is 14.1. The van der Waals surface area contributed by atoms with E-state index >= 15 is 0 Å². The lowest BCUT2D eigenvalue weighted by molar-refractivity contribution is 0.410. The maximum Gasteiger partial charge on any atom is 0.150 e. The van der Waals surface area contributed by atoms with E-state index in [1.165, 1.54) is 7.11 Å². The third-order valence-corrected chi connectivity index (χ3v) is 3.01. The van der Waals surface area contributed by atoms with Gasteiger partial charge in [-0.3, -0.25) is 5.10 Å². The number of nitrogens with two attached hydrogens (primary N) is 1. The van der Waals surface area contributed by atoms with Gasteiger partial charge in [-0.05, 0) is 34.5 Å². The number of nitrogen functional groups attached to an aromatic ring is 1. The van der Waals surface area contributed by atoms with E-state index in [0.29, 0.717) is 27.3 Å². The zero-order valence-electron chi connectivity index (χ0n) is 9.34. The Morgan fingerprint density at radius 2 is 2.18 bits per heavy atom. The number of hydrogen-bond donors (Lipinski definition) is 2. The highest BCUT2D eigenvalue weighted by atomic mass is 79.9. The smallest absolute Gasteiger partial charge is 0.150 e. The van der Waals surface area contributed by atoms with Crippen LogP contribution in [-0.4, -0.2) is 17.3 Å². The van der Waals surface area contributed by atoms with Gasteiger partial charge < -0.3 is 10.5 Å². The Labute approximate surface area is 106 Å². The molecule has 0 spiro atoms. The molecule has 2 aromatic rings. The van der Waals surface area contributed by atoms with Crippen molar-refractivity contribution in [3.05, 3.63) is 28.0 Å². The monoisotopic (exact) mass is 299 g/mol. The molecular formula is C11H11BrFN3O. The number of rotatable bonds is 2. The van der Waals surface area contributed by atoms with Crippen molar-refractivity contribution in [3.8, 4) is 17.0 Å². The number of halogens is 2. The van der Waals surface area contributed by atoms with Crippen molar-refractivity contribution in [1.82, 2.24) is 10.2 Å². The van der Waals surface area contributed by atoms with Gasteiger partial charge in [-0.2, -0.15) is 5.10 Å². The summed E-state index contributed by atoms with van der Waals surface area (Å²) in [6.45, 7) is 1.84. The SMILES string of the molecule is COc1c(C)cc(Br)c(F)c1-c1cc(N)n[nH]1. The first-order valence-electron chi connectivity index (χ1n) is 4.88. The number of anilines is 1. The Morgan fingerprint density at radius 3 is 2.71 bits per heavy atom. The Morgan fingerprint density at radius 1 is 1.47 bits per heavy atom. The number of hydrogen-bond acceptors (Lipinski definition) is 3. The molecule has 1 aromatic carbocycles. The molecule has 0 unspecified atom stereocenters. The maximum absolute atomic E-state index is 14.1. The van der Waals surface area contributed by atoms with Crippen LogP contribution in [0, 0.1) is 12.7 Å². The van der Waals surface area contributed by atoms with Crippen LogP contribution in [-0.2, 0) is 0 Å². The number of benzene rings is 1. The molecule has 4 nitrogen and oxygen atoms in total. The lowest BCUT2D eigenvalue weighted by Gasteiger charge is -2.12.